The minimum atomic E-state index is -4.67. The maximum atomic E-state index is 13.8. The molecule has 2 amide bonds. The standard InChI is InChI=1S/C25H23BrF5N7O2S/c1-3-37-10(2)13(9-33-37)12-8-14(22(27)28)34-24-16(12)18(20(41-24)23(32)40)35-15(39)6-7-38-19(11-4-5-11)17(26)21(36-38)25(29,30)31/h8-9,11,22H,3-7H2,1-2H3,(H2,32,40)(H,35,39). The highest BCUT2D eigenvalue weighted by Crippen LogP contribution is 2.47. The second kappa shape index (κ2) is 10.8. The number of carbonyl (C=O) groups is 2. The smallest absolute Gasteiger partial charge is 0.365 e. The average molecular weight is 660 g/mol. The van der Waals surface area contributed by atoms with Crippen LogP contribution in [0.3, 0.4) is 0 Å². The number of thiophene rings is 1. The molecule has 0 aliphatic heterocycles. The molecular weight excluding hydrogens is 637 g/mol. The normalized spacial score (nSPS) is 13.9. The third kappa shape index (κ3) is 5.46. The van der Waals surface area contributed by atoms with E-state index in [0.717, 1.165) is 11.3 Å². The fourth-order valence-corrected chi connectivity index (χ4v) is 6.57. The number of nitrogens with one attached hydrogen (secondary N) is 1. The van der Waals surface area contributed by atoms with Gasteiger partial charge < -0.3 is 11.1 Å². The van der Waals surface area contributed by atoms with Crippen molar-refractivity contribution in [2.75, 3.05) is 5.32 Å². The number of alkyl halides is 5. The third-order valence-corrected chi connectivity index (χ3v) is 8.68. The monoisotopic (exact) mass is 659 g/mol. The van der Waals surface area contributed by atoms with E-state index in [9.17, 15) is 31.5 Å². The van der Waals surface area contributed by atoms with Crippen LogP contribution >= 0.6 is 27.3 Å². The Morgan fingerprint density at radius 3 is 2.51 bits per heavy atom. The predicted molar refractivity (Wildman–Crippen MR) is 145 cm³/mol. The van der Waals surface area contributed by atoms with E-state index in [2.05, 4.69) is 36.4 Å². The van der Waals surface area contributed by atoms with Crippen molar-refractivity contribution in [1.29, 1.82) is 0 Å². The molecule has 1 saturated carbocycles. The van der Waals surface area contributed by atoms with Crippen LogP contribution in [0.25, 0.3) is 21.3 Å². The molecule has 16 heteroatoms. The molecule has 4 aromatic heterocycles. The number of pyridine rings is 1. The number of carbonyl (C=O) groups excluding carboxylic acids is 2. The number of fused-ring (bicyclic) bond motifs is 1. The lowest BCUT2D eigenvalue weighted by atomic mass is 10.0. The molecule has 1 aliphatic carbocycles. The van der Waals surface area contributed by atoms with Crippen molar-refractivity contribution in [2.24, 2.45) is 5.73 Å². The van der Waals surface area contributed by atoms with E-state index >= 15 is 0 Å². The van der Waals surface area contributed by atoms with Crippen LogP contribution in [0.15, 0.2) is 16.7 Å². The van der Waals surface area contributed by atoms with E-state index in [0.29, 0.717) is 36.3 Å². The van der Waals surface area contributed by atoms with Gasteiger partial charge in [-0.15, -0.1) is 11.3 Å². The molecule has 0 atom stereocenters. The summed E-state index contributed by atoms with van der Waals surface area (Å²) in [5.74, 6) is -1.64. The Kier molecular flexibility index (Phi) is 7.65. The van der Waals surface area contributed by atoms with E-state index in [-0.39, 0.29) is 49.7 Å². The number of nitrogens with two attached hydrogens (primary N) is 1. The van der Waals surface area contributed by atoms with Gasteiger partial charge >= 0.3 is 6.18 Å². The Bertz CT molecular complexity index is 1670. The van der Waals surface area contributed by atoms with Gasteiger partial charge in [0.25, 0.3) is 12.3 Å². The van der Waals surface area contributed by atoms with E-state index < -0.39 is 35.8 Å². The topological polar surface area (TPSA) is 121 Å². The van der Waals surface area contributed by atoms with Crippen LogP contribution in [0.2, 0.25) is 0 Å². The lowest BCUT2D eigenvalue weighted by molar-refractivity contribution is -0.142. The molecule has 0 aromatic carbocycles. The molecule has 0 spiro atoms. The molecule has 1 fully saturated rings. The van der Waals surface area contributed by atoms with Crippen LogP contribution in [0.1, 0.15) is 71.0 Å². The highest BCUT2D eigenvalue weighted by molar-refractivity contribution is 9.10. The minimum Gasteiger partial charge on any atom is -0.365 e. The number of aromatic nitrogens is 5. The number of hydrogen-bond acceptors (Lipinski definition) is 6. The number of hydrogen-bond donors (Lipinski definition) is 2. The Hall–Kier alpha value is -3.40. The van der Waals surface area contributed by atoms with Crippen molar-refractivity contribution in [2.45, 2.75) is 64.7 Å². The van der Waals surface area contributed by atoms with Crippen molar-refractivity contribution < 1.29 is 31.5 Å². The summed E-state index contributed by atoms with van der Waals surface area (Å²) in [6, 6.07) is 1.19. The molecule has 0 bridgehead atoms. The number of amides is 2. The Balaban J connectivity index is 1.53. The third-order valence-electron chi connectivity index (χ3n) is 6.80. The van der Waals surface area contributed by atoms with Crippen molar-refractivity contribution in [3.8, 4) is 11.1 Å². The molecule has 4 heterocycles. The van der Waals surface area contributed by atoms with Crippen LogP contribution in [-0.2, 0) is 24.1 Å². The Morgan fingerprint density at radius 1 is 1.24 bits per heavy atom. The van der Waals surface area contributed by atoms with Gasteiger partial charge in [-0.25, -0.2) is 13.8 Å². The van der Waals surface area contributed by atoms with Crippen LogP contribution in [0.4, 0.5) is 27.6 Å². The molecule has 41 heavy (non-hydrogen) atoms. The number of rotatable bonds is 9. The van der Waals surface area contributed by atoms with E-state index in [1.165, 1.54) is 16.9 Å². The van der Waals surface area contributed by atoms with E-state index in [1.54, 1.807) is 11.6 Å². The Labute approximate surface area is 242 Å². The second-order valence-electron chi connectivity index (χ2n) is 9.55. The molecule has 1 aliphatic rings. The van der Waals surface area contributed by atoms with Crippen LogP contribution in [0, 0.1) is 6.92 Å². The molecule has 0 radical (unpaired) electrons. The van der Waals surface area contributed by atoms with Gasteiger partial charge in [0.2, 0.25) is 5.91 Å². The summed E-state index contributed by atoms with van der Waals surface area (Å²) in [6.45, 7) is 3.98. The SMILES string of the molecule is CCn1ncc(-c2cc(C(F)F)nc3sc(C(N)=O)c(NC(=O)CCn4nc(C(F)(F)F)c(Br)c4C4CC4)c23)c1C. The fraction of sp³-hybridized carbons (Fsp3) is 0.400. The summed E-state index contributed by atoms with van der Waals surface area (Å²) in [6.07, 6.45) is -4.95. The van der Waals surface area contributed by atoms with E-state index in [4.69, 9.17) is 5.73 Å². The lowest BCUT2D eigenvalue weighted by Gasteiger charge is -2.12. The quantitative estimate of drug-likeness (QED) is 0.201. The zero-order chi connectivity index (χ0) is 29.8. The van der Waals surface area contributed by atoms with Gasteiger partial charge in [0.1, 0.15) is 15.4 Å². The van der Waals surface area contributed by atoms with Gasteiger partial charge in [0.05, 0.1) is 28.6 Å². The first-order valence-corrected chi connectivity index (χ1v) is 14.1. The van der Waals surface area contributed by atoms with Gasteiger partial charge in [-0.1, -0.05) is 0 Å². The zero-order valence-electron chi connectivity index (χ0n) is 21.7. The zero-order valence-corrected chi connectivity index (χ0v) is 24.1. The number of halogens is 6. The van der Waals surface area contributed by atoms with Crippen LogP contribution in [0.5, 0.6) is 0 Å². The van der Waals surface area contributed by atoms with Gasteiger partial charge in [-0.2, -0.15) is 23.4 Å². The highest BCUT2D eigenvalue weighted by atomic mass is 79.9. The van der Waals surface area contributed by atoms with Crippen molar-refractivity contribution >= 4 is 55.0 Å². The van der Waals surface area contributed by atoms with Gasteiger partial charge in [-0.05, 0) is 54.2 Å². The average Bonchev–Trinajstić information content (AvgIpc) is 3.43. The minimum absolute atomic E-state index is 0.00509. The summed E-state index contributed by atoms with van der Waals surface area (Å²) in [7, 11) is 0. The van der Waals surface area contributed by atoms with E-state index in [1.807, 2.05) is 6.92 Å². The van der Waals surface area contributed by atoms with Gasteiger partial charge in [-0.3, -0.25) is 19.0 Å². The first-order chi connectivity index (χ1) is 19.3. The first-order valence-electron chi connectivity index (χ1n) is 12.5. The highest BCUT2D eigenvalue weighted by Gasteiger charge is 2.41. The van der Waals surface area contributed by atoms with Crippen LogP contribution in [-0.4, -0.2) is 36.4 Å². The fourth-order valence-electron chi connectivity index (χ4n) is 4.72. The molecule has 9 nitrogen and oxygen atoms in total. The van der Waals surface area contributed by atoms with Crippen molar-refractivity contribution in [3.05, 3.63) is 44.4 Å². The van der Waals surface area contributed by atoms with Crippen molar-refractivity contribution in [3.63, 3.8) is 0 Å². The van der Waals surface area contributed by atoms with Gasteiger partial charge in [0, 0.05) is 35.5 Å². The molecule has 3 N–H and O–H groups in total. The predicted octanol–water partition coefficient (Wildman–Crippen LogP) is 6.41. The van der Waals surface area contributed by atoms with Crippen LogP contribution < -0.4 is 11.1 Å². The maximum absolute atomic E-state index is 13.8. The number of anilines is 1. The summed E-state index contributed by atoms with van der Waals surface area (Å²) < 4.78 is 70.7. The first kappa shape index (κ1) is 29.1. The van der Waals surface area contributed by atoms with Crippen molar-refractivity contribution in [1.82, 2.24) is 24.5 Å². The van der Waals surface area contributed by atoms with Gasteiger partial charge in [0.15, 0.2) is 5.69 Å². The molecule has 0 unspecified atom stereocenters. The summed E-state index contributed by atoms with van der Waals surface area (Å²) >= 11 is 3.78. The second-order valence-corrected chi connectivity index (χ2v) is 11.3. The molecule has 4 aromatic rings. The summed E-state index contributed by atoms with van der Waals surface area (Å²) in [5, 5.41) is 10.9. The summed E-state index contributed by atoms with van der Waals surface area (Å²) in [4.78, 5) is 29.5. The molecule has 218 valence electrons. The number of nitrogens with zero attached hydrogens (tertiary/aromatic N) is 5. The maximum Gasteiger partial charge on any atom is 0.436 e. The lowest BCUT2D eigenvalue weighted by Crippen LogP contribution is -2.19. The Morgan fingerprint density at radius 2 is 1.95 bits per heavy atom. The number of aryl methyl sites for hydroxylation is 2. The number of primary amides is 1. The molecule has 0 saturated heterocycles. The summed E-state index contributed by atoms with van der Waals surface area (Å²) in [5.41, 5.74) is 5.82. The largest absolute Gasteiger partial charge is 0.436 e. The molecule has 5 rings (SSSR count). The molecular formula is C25H23BrF5N7O2S.